The molecule has 1 unspecified atom stereocenters. The van der Waals surface area contributed by atoms with E-state index >= 15 is 0 Å². The molecule has 1 atom stereocenters. The van der Waals surface area contributed by atoms with Crippen molar-refractivity contribution < 1.29 is 9.53 Å². The minimum atomic E-state index is -0.512. The summed E-state index contributed by atoms with van der Waals surface area (Å²) >= 11 is 0. The molecule has 106 valence electrons. The van der Waals surface area contributed by atoms with Gasteiger partial charge in [0.1, 0.15) is 11.8 Å². The van der Waals surface area contributed by atoms with Crippen molar-refractivity contribution in [3.8, 4) is 11.8 Å². The Hall–Kier alpha value is -2.06. The van der Waals surface area contributed by atoms with Gasteiger partial charge >= 0.3 is 0 Å². The number of carbonyl (C=O) groups is 1. The number of hydrogen-bond acceptors (Lipinski definition) is 4. The number of ether oxygens (including phenoxy) is 1. The highest BCUT2D eigenvalue weighted by Gasteiger charge is 2.34. The van der Waals surface area contributed by atoms with E-state index in [2.05, 4.69) is 10.6 Å². The summed E-state index contributed by atoms with van der Waals surface area (Å²) in [6, 6.07) is 9.00. The van der Waals surface area contributed by atoms with Gasteiger partial charge in [0.05, 0.1) is 5.54 Å². The van der Waals surface area contributed by atoms with Crippen LogP contribution in [0, 0.1) is 11.3 Å². The topological polar surface area (TPSA) is 74.1 Å². The van der Waals surface area contributed by atoms with E-state index < -0.39 is 5.54 Å². The molecule has 0 aliphatic carbocycles. The first kappa shape index (κ1) is 14.4. The van der Waals surface area contributed by atoms with Crippen LogP contribution in [-0.2, 0) is 4.79 Å². The van der Waals surface area contributed by atoms with Crippen molar-refractivity contribution >= 4 is 11.6 Å². The molecule has 1 aromatic rings. The molecule has 0 spiro atoms. The van der Waals surface area contributed by atoms with Gasteiger partial charge in [0, 0.05) is 11.8 Å². The van der Waals surface area contributed by atoms with Gasteiger partial charge in [-0.25, -0.2) is 0 Å². The van der Waals surface area contributed by atoms with Gasteiger partial charge in [-0.3, -0.25) is 4.79 Å². The molecule has 1 heterocycles. The van der Waals surface area contributed by atoms with Gasteiger partial charge in [0.25, 0.3) is 0 Å². The quantitative estimate of drug-likeness (QED) is 0.880. The Labute approximate surface area is 118 Å². The van der Waals surface area contributed by atoms with Crippen LogP contribution in [0.25, 0.3) is 0 Å². The summed E-state index contributed by atoms with van der Waals surface area (Å²) in [6.45, 7) is 2.80. The van der Waals surface area contributed by atoms with Gasteiger partial charge in [0.2, 0.25) is 5.91 Å². The first-order valence-corrected chi connectivity index (χ1v) is 6.80. The molecule has 5 nitrogen and oxygen atoms in total. The molecule has 0 radical (unpaired) electrons. The molecular formula is C15H19N3O2. The number of hydrogen-bond donors (Lipinski definition) is 2. The first-order valence-electron chi connectivity index (χ1n) is 6.80. The van der Waals surface area contributed by atoms with Crippen LogP contribution in [0.15, 0.2) is 24.3 Å². The second-order valence-electron chi connectivity index (χ2n) is 5.14. The van der Waals surface area contributed by atoms with Crippen molar-refractivity contribution in [1.29, 1.82) is 5.26 Å². The van der Waals surface area contributed by atoms with Gasteiger partial charge in [-0.15, -0.1) is 0 Å². The summed E-state index contributed by atoms with van der Waals surface area (Å²) in [5.41, 5.74) is 0.168. The minimum Gasteiger partial charge on any atom is -0.479 e. The molecule has 0 saturated carbocycles. The molecule has 0 aromatic heterocycles. The number of rotatable bonds is 4. The summed E-state index contributed by atoms with van der Waals surface area (Å²) in [7, 11) is 0. The van der Waals surface area contributed by atoms with Crippen molar-refractivity contribution in [3.05, 3.63) is 24.3 Å². The fraction of sp³-hybridized carbons (Fsp3) is 0.467. The van der Waals surface area contributed by atoms with E-state index in [9.17, 15) is 4.79 Å². The molecule has 2 N–H and O–H groups in total. The predicted molar refractivity (Wildman–Crippen MR) is 76.4 cm³/mol. The summed E-state index contributed by atoms with van der Waals surface area (Å²) in [5.74, 6) is 0.542. The smallest absolute Gasteiger partial charge is 0.244 e. The third kappa shape index (κ3) is 3.49. The van der Waals surface area contributed by atoms with E-state index in [0.717, 1.165) is 25.8 Å². The summed E-state index contributed by atoms with van der Waals surface area (Å²) in [5, 5.41) is 14.7. The molecule has 1 aliphatic rings. The van der Waals surface area contributed by atoms with Gasteiger partial charge in [-0.05, 0) is 44.9 Å². The lowest BCUT2D eigenvalue weighted by molar-refractivity contribution is -0.122. The molecule has 1 aliphatic heterocycles. The summed E-state index contributed by atoms with van der Waals surface area (Å²) in [4.78, 5) is 12.3. The van der Waals surface area contributed by atoms with Crippen LogP contribution < -0.4 is 15.4 Å². The van der Waals surface area contributed by atoms with Gasteiger partial charge < -0.3 is 15.4 Å². The van der Waals surface area contributed by atoms with Crippen molar-refractivity contribution in [2.45, 2.75) is 31.7 Å². The fourth-order valence-corrected chi connectivity index (χ4v) is 2.30. The van der Waals surface area contributed by atoms with Gasteiger partial charge in [0.15, 0.2) is 6.61 Å². The molecule has 1 saturated heterocycles. The zero-order valence-electron chi connectivity index (χ0n) is 11.6. The lowest BCUT2D eigenvalue weighted by Crippen LogP contribution is -2.54. The van der Waals surface area contributed by atoms with E-state index in [4.69, 9.17) is 10.00 Å². The second-order valence-corrected chi connectivity index (χ2v) is 5.14. The van der Waals surface area contributed by atoms with Crippen molar-refractivity contribution in [3.63, 3.8) is 0 Å². The zero-order valence-corrected chi connectivity index (χ0v) is 11.6. The van der Waals surface area contributed by atoms with Crippen LogP contribution in [0.4, 0.5) is 5.69 Å². The summed E-state index contributed by atoms with van der Waals surface area (Å²) in [6.07, 6.45) is 3.01. The molecular weight excluding hydrogens is 254 g/mol. The second kappa shape index (κ2) is 6.40. The monoisotopic (exact) mass is 273 g/mol. The SMILES string of the molecule is CC1(C(=O)Nc2cccc(OCC#N)c2)CCCCN1. The third-order valence-corrected chi connectivity index (χ3v) is 3.52. The maximum Gasteiger partial charge on any atom is 0.244 e. The van der Waals surface area contributed by atoms with E-state index in [-0.39, 0.29) is 12.5 Å². The Morgan fingerprint density at radius 1 is 1.55 bits per heavy atom. The number of piperidine rings is 1. The Balaban J connectivity index is 2.02. The van der Waals surface area contributed by atoms with E-state index in [1.165, 1.54) is 0 Å². The van der Waals surface area contributed by atoms with Crippen LogP contribution in [0.3, 0.4) is 0 Å². The molecule has 2 rings (SSSR count). The molecule has 0 bridgehead atoms. The highest BCUT2D eigenvalue weighted by Crippen LogP contribution is 2.22. The number of benzene rings is 1. The van der Waals surface area contributed by atoms with Crippen molar-refractivity contribution in [1.82, 2.24) is 5.32 Å². The Morgan fingerprint density at radius 3 is 3.10 bits per heavy atom. The maximum absolute atomic E-state index is 12.3. The van der Waals surface area contributed by atoms with Crippen molar-refractivity contribution in [2.75, 3.05) is 18.5 Å². The number of nitrogens with zero attached hydrogens (tertiary/aromatic N) is 1. The number of anilines is 1. The molecule has 1 aromatic carbocycles. The van der Waals surface area contributed by atoms with Crippen LogP contribution in [0.1, 0.15) is 26.2 Å². The number of nitriles is 1. The Bertz CT molecular complexity index is 516. The van der Waals surface area contributed by atoms with Gasteiger partial charge in [-0.1, -0.05) is 6.07 Å². The van der Waals surface area contributed by atoms with E-state index in [0.29, 0.717) is 11.4 Å². The normalized spacial score (nSPS) is 21.8. The molecule has 1 amide bonds. The zero-order chi connectivity index (χ0) is 14.4. The fourth-order valence-electron chi connectivity index (χ4n) is 2.30. The maximum atomic E-state index is 12.3. The standard InChI is InChI=1S/C15H19N3O2/c1-15(7-2-3-9-17-15)14(19)18-12-5-4-6-13(11-12)20-10-8-16/h4-6,11,17H,2-3,7,9-10H2,1H3,(H,18,19). The molecule has 5 heteroatoms. The van der Waals surface area contributed by atoms with Gasteiger partial charge in [-0.2, -0.15) is 5.26 Å². The predicted octanol–water partition coefficient (Wildman–Crippen LogP) is 2.06. The largest absolute Gasteiger partial charge is 0.479 e. The minimum absolute atomic E-state index is 0.00330. The third-order valence-electron chi connectivity index (χ3n) is 3.52. The van der Waals surface area contributed by atoms with E-state index in [1.807, 2.05) is 19.1 Å². The van der Waals surface area contributed by atoms with Crippen LogP contribution in [-0.4, -0.2) is 24.6 Å². The highest BCUT2D eigenvalue weighted by molar-refractivity contribution is 5.98. The Morgan fingerprint density at radius 2 is 2.40 bits per heavy atom. The summed E-state index contributed by atoms with van der Waals surface area (Å²) < 4.78 is 5.22. The lowest BCUT2D eigenvalue weighted by Gasteiger charge is -2.33. The lowest BCUT2D eigenvalue weighted by atomic mass is 9.90. The number of amides is 1. The highest BCUT2D eigenvalue weighted by atomic mass is 16.5. The molecule has 20 heavy (non-hydrogen) atoms. The average Bonchev–Trinajstić information content (AvgIpc) is 2.46. The average molecular weight is 273 g/mol. The van der Waals surface area contributed by atoms with Crippen LogP contribution in [0.2, 0.25) is 0 Å². The molecule has 1 fully saturated rings. The van der Waals surface area contributed by atoms with Crippen molar-refractivity contribution in [2.24, 2.45) is 0 Å². The van der Waals surface area contributed by atoms with Crippen LogP contribution in [0.5, 0.6) is 5.75 Å². The number of carbonyl (C=O) groups excluding carboxylic acids is 1. The Kier molecular flexibility index (Phi) is 4.59. The number of nitrogens with one attached hydrogen (secondary N) is 2. The van der Waals surface area contributed by atoms with E-state index in [1.54, 1.807) is 18.2 Å². The van der Waals surface area contributed by atoms with Crippen LogP contribution >= 0.6 is 0 Å². The first-order chi connectivity index (χ1) is 9.64.